The number of guanidine groups is 1. The summed E-state index contributed by atoms with van der Waals surface area (Å²) in [6.45, 7) is 6.37. The molecule has 3 aromatic heterocycles. The number of aliphatic hydroxyl groups is 2. The van der Waals surface area contributed by atoms with Gasteiger partial charge >= 0.3 is 5.97 Å². The summed E-state index contributed by atoms with van der Waals surface area (Å²) in [6, 6.07) is -14.0. The zero-order chi connectivity index (χ0) is 81.5. The Morgan fingerprint density at radius 2 is 1.18 bits per heavy atom. The number of nitrogens with one attached hydrogen (secondary N) is 18. The SMILES string of the molecule is CC[C@H](C)[C@H](NC(C)=O)C(=O)N[C@H]1CSSC[C@@H](C(=O)N[C@H](C(N)=O)[C@@H](C)O)NC(=O)[C@H](CCCNC(=N)N)NC(=O)[C@H](Cc2c[nH]cn2)NC(=O)[C@H](Cc2c[nH]cn2)NC(=O)CNC(=O)[C@H](Cc2c[nH]c3ccccc23)NC(=O)[C@H](CC(=O)O)NC(=O)[C@H](CCC(N)=O)NC(=O)[C@H](CO)NC(=O)[C@H](C(C)C)NC1=O. The van der Waals surface area contributed by atoms with Crippen LogP contribution in [0.4, 0.5) is 0 Å². The quantitative estimate of drug-likeness (QED) is 0.0120. The Bertz CT molecular complexity index is 3900. The molecule has 0 unspecified atom stereocenters. The molecule has 5 rings (SSSR count). The van der Waals surface area contributed by atoms with Gasteiger partial charge in [0.05, 0.1) is 49.7 Å². The molecule has 0 aliphatic carbocycles. The van der Waals surface area contributed by atoms with Gasteiger partial charge in [-0.05, 0) is 49.7 Å². The number of carbonyl (C=O) groups excluding carboxylic acids is 15. The Morgan fingerprint density at radius 1 is 0.636 bits per heavy atom. The second-order valence-corrected chi connectivity index (χ2v) is 28.7. The van der Waals surface area contributed by atoms with Crippen molar-refractivity contribution in [2.24, 2.45) is 29.0 Å². The van der Waals surface area contributed by atoms with E-state index in [4.69, 9.17) is 22.6 Å². The van der Waals surface area contributed by atoms with Crippen molar-refractivity contribution in [3.05, 3.63) is 72.5 Å². The fourth-order valence-electron chi connectivity index (χ4n) is 11.0. The van der Waals surface area contributed by atoms with E-state index in [1.165, 1.54) is 45.1 Å². The van der Waals surface area contributed by atoms with E-state index in [-0.39, 0.29) is 43.6 Å². The molecule has 1 saturated heterocycles. The number of carboxylic acids is 1. The van der Waals surface area contributed by atoms with Crippen LogP contribution in [-0.4, -0.2) is 251 Å². The molecule has 1 fully saturated rings. The van der Waals surface area contributed by atoms with Gasteiger partial charge in [-0.1, -0.05) is 73.9 Å². The topological polar surface area (TPSA) is 677 Å². The number of imidazole rings is 2. The van der Waals surface area contributed by atoms with Gasteiger partial charge in [0.15, 0.2) is 5.96 Å². The number of fused-ring (bicyclic) bond motifs is 1. The monoisotopic (exact) mass is 1580 g/mol. The average Bonchev–Trinajstić information content (AvgIpc) is 1.64. The highest BCUT2D eigenvalue weighted by Gasteiger charge is 2.39. The summed E-state index contributed by atoms with van der Waals surface area (Å²) >= 11 is 0. The highest BCUT2D eigenvalue weighted by atomic mass is 33.1. The number of primary amides is 2. The molecule has 602 valence electrons. The number of nitrogens with zero attached hydrogens (tertiary/aromatic N) is 2. The Hall–Kier alpha value is -11.4. The third-order valence-corrected chi connectivity index (χ3v) is 19.6. The number of aliphatic hydroxyl groups excluding tert-OH is 2. The molecule has 15 amide bonds. The molecule has 1 aliphatic rings. The van der Waals surface area contributed by atoms with Gasteiger partial charge in [0.25, 0.3) is 0 Å². The fraction of sp³-hybridized carbons (Fsp3) is 0.530. The number of para-hydroxylation sites is 1. The van der Waals surface area contributed by atoms with Gasteiger partial charge < -0.3 is 122 Å². The van der Waals surface area contributed by atoms with Crippen molar-refractivity contribution >= 4 is 133 Å². The normalized spacial score (nSPS) is 22.9. The lowest BCUT2D eigenvalue weighted by atomic mass is 9.98. The average molecular weight is 1580 g/mol. The number of carboxylic acid groups (broad SMARTS) is 1. The molecule has 0 spiro atoms. The van der Waals surface area contributed by atoms with Crippen molar-refractivity contribution in [2.45, 2.75) is 178 Å². The van der Waals surface area contributed by atoms with Crippen LogP contribution in [0.1, 0.15) is 97.0 Å². The highest BCUT2D eigenvalue weighted by Crippen LogP contribution is 2.25. The number of hydrogen-bond acceptors (Lipinski definition) is 23. The van der Waals surface area contributed by atoms with Crippen LogP contribution in [0.2, 0.25) is 0 Å². The molecule has 44 heteroatoms. The summed E-state index contributed by atoms with van der Waals surface area (Å²) < 4.78 is 0. The number of aliphatic carboxylic acids is 1. The number of H-pyrrole nitrogens is 3. The van der Waals surface area contributed by atoms with E-state index in [1.807, 2.05) is 0 Å². The maximum atomic E-state index is 14.9. The summed E-state index contributed by atoms with van der Waals surface area (Å²) in [4.78, 5) is 240. The molecular weight excluding hydrogens is 1480 g/mol. The number of carbonyl (C=O) groups is 16. The van der Waals surface area contributed by atoms with Gasteiger partial charge in [-0.15, -0.1) is 0 Å². The first-order valence-electron chi connectivity index (χ1n) is 34.9. The van der Waals surface area contributed by atoms with Crippen molar-refractivity contribution in [3.8, 4) is 0 Å². The number of nitrogens with two attached hydrogens (primary N) is 3. The minimum absolute atomic E-state index is 0.0265. The van der Waals surface area contributed by atoms with E-state index >= 15 is 0 Å². The summed E-state index contributed by atoms with van der Waals surface area (Å²) in [5.74, 6) is -20.9. The predicted molar refractivity (Wildman–Crippen MR) is 395 cm³/mol. The molecule has 110 heavy (non-hydrogen) atoms. The lowest BCUT2D eigenvalue weighted by Gasteiger charge is -2.29. The molecule has 0 saturated carbocycles. The summed E-state index contributed by atoms with van der Waals surface area (Å²) in [5, 5.41) is 73.9. The van der Waals surface area contributed by atoms with Crippen molar-refractivity contribution in [1.82, 2.24) is 99.4 Å². The zero-order valence-corrected chi connectivity index (χ0v) is 62.7. The second-order valence-electron chi connectivity index (χ2n) is 26.2. The van der Waals surface area contributed by atoms with Crippen LogP contribution < -0.4 is 91.6 Å². The Balaban J connectivity index is 1.66. The highest BCUT2D eigenvalue weighted by molar-refractivity contribution is 8.76. The van der Waals surface area contributed by atoms with Crippen molar-refractivity contribution in [3.63, 3.8) is 0 Å². The van der Waals surface area contributed by atoms with Crippen LogP contribution in [0.5, 0.6) is 0 Å². The third kappa shape index (κ3) is 29.0. The minimum atomic E-state index is -2.09. The first kappa shape index (κ1) is 89.2. The molecule has 4 heterocycles. The predicted octanol–water partition coefficient (Wildman–Crippen LogP) is -7.45. The molecule has 1 aliphatic heterocycles. The summed E-state index contributed by atoms with van der Waals surface area (Å²) in [5.41, 5.74) is 17.9. The van der Waals surface area contributed by atoms with Gasteiger partial charge in [-0.25, -0.2) is 9.97 Å². The number of aromatic nitrogens is 5. The lowest BCUT2D eigenvalue weighted by Crippen LogP contribution is -2.62. The third-order valence-electron chi connectivity index (χ3n) is 17.1. The van der Waals surface area contributed by atoms with E-state index in [0.717, 1.165) is 35.4 Å². The maximum absolute atomic E-state index is 14.9. The van der Waals surface area contributed by atoms with Crippen LogP contribution in [0.3, 0.4) is 0 Å². The maximum Gasteiger partial charge on any atom is 0.305 e. The molecule has 0 bridgehead atoms. The fourth-order valence-corrected chi connectivity index (χ4v) is 13.3. The van der Waals surface area contributed by atoms with Crippen LogP contribution in [0.25, 0.3) is 10.9 Å². The number of amides is 15. The minimum Gasteiger partial charge on any atom is -0.481 e. The first-order valence-corrected chi connectivity index (χ1v) is 37.4. The standard InChI is InChI=1S/C66H97N23O19S2/c1-7-31(4)52(78-33(6)92)65(108)87-47-27-110-109-26-46(63(106)89-53(32(5)91)54(68)97)86-56(99)39(13-10-16-73-66(69)70)80-59(102)43(19-36-23-72-29-77-36)83-58(101)42(18-35-22-71-28-76-35)79-49(94)24-75-55(98)41(17-34-21-74-38-12-9-8-11-37(34)38)82-60(103)44(20-50(95)96)84-57(100)40(14-15-48(67)93)81-61(104)45(25-90)85-64(107)51(30(2)3)88-62(47)105/h8-9,11-12,21-23,28-32,39-47,51-53,74,90-91H,7,10,13-20,24-27H2,1-6H3,(H2,67,93)(H2,68,97)(H,71,76)(H,72,77)(H,75,98)(H,78,92)(H,79,94)(H,80,102)(H,81,104)(H,82,103)(H,83,101)(H,84,100)(H,85,107)(H,86,99)(H,87,108)(H,88,105)(H,89,106)(H,95,96)(H4,69,70,73)/t31-,32+,39-,40-,41-,42-,43-,44-,45-,46-,47-,51-,52-,53-/m0/s1. The Labute approximate surface area is 637 Å². The molecule has 0 radical (unpaired) electrons. The van der Waals surface area contributed by atoms with Crippen LogP contribution in [-0.2, 0) is 96.0 Å². The molecule has 14 atom stereocenters. The van der Waals surface area contributed by atoms with E-state index < -0.39 is 241 Å². The van der Waals surface area contributed by atoms with Crippen LogP contribution in [0, 0.1) is 17.2 Å². The molecular formula is C66H97N23O19S2. The number of rotatable bonds is 26. The van der Waals surface area contributed by atoms with Gasteiger partial charge in [0, 0.05) is 80.2 Å². The largest absolute Gasteiger partial charge is 0.481 e. The van der Waals surface area contributed by atoms with Gasteiger partial charge in [-0.2, -0.15) is 0 Å². The summed E-state index contributed by atoms with van der Waals surface area (Å²) in [7, 11) is 1.58. The van der Waals surface area contributed by atoms with Gasteiger partial charge in [-0.3, -0.25) is 82.1 Å². The number of benzene rings is 1. The van der Waals surface area contributed by atoms with Gasteiger partial charge in [0.1, 0.15) is 72.5 Å². The van der Waals surface area contributed by atoms with Crippen LogP contribution in [0.15, 0.2) is 55.5 Å². The van der Waals surface area contributed by atoms with Crippen molar-refractivity contribution in [1.29, 1.82) is 5.41 Å². The second kappa shape index (κ2) is 44.2. The summed E-state index contributed by atoms with van der Waals surface area (Å²) in [6.07, 6.45) is 1.58. The van der Waals surface area contributed by atoms with Crippen molar-refractivity contribution in [2.75, 3.05) is 31.2 Å². The van der Waals surface area contributed by atoms with Gasteiger partial charge in [0.2, 0.25) is 88.6 Å². The van der Waals surface area contributed by atoms with E-state index in [9.17, 15) is 92.0 Å². The molecule has 42 nitrogen and oxygen atoms in total. The van der Waals surface area contributed by atoms with Crippen LogP contribution >= 0.6 is 21.6 Å². The molecule has 27 N–H and O–H groups in total. The first-order chi connectivity index (χ1) is 52.1. The van der Waals surface area contributed by atoms with E-state index in [1.54, 1.807) is 38.1 Å². The molecule has 1 aromatic carbocycles. The Morgan fingerprint density at radius 3 is 1.74 bits per heavy atom. The number of aromatic amines is 3. The molecule has 4 aromatic rings. The smallest absolute Gasteiger partial charge is 0.305 e. The Kier molecular flexibility index (Phi) is 35.8. The number of hydrogen-bond donors (Lipinski definition) is 24. The van der Waals surface area contributed by atoms with Crippen molar-refractivity contribution < 1.29 is 92.0 Å². The van der Waals surface area contributed by atoms with E-state index in [0.29, 0.717) is 22.9 Å². The van der Waals surface area contributed by atoms with E-state index in [2.05, 4.69) is 99.4 Å². The lowest BCUT2D eigenvalue weighted by molar-refractivity contribution is -0.141. The zero-order valence-electron chi connectivity index (χ0n) is 61.1.